The summed E-state index contributed by atoms with van der Waals surface area (Å²) in [4.78, 5) is 10.9. The average molecular weight is 234 g/mol. The molecule has 0 bridgehead atoms. The van der Waals surface area contributed by atoms with Gasteiger partial charge in [-0.25, -0.2) is 4.79 Å². The van der Waals surface area contributed by atoms with Crippen molar-refractivity contribution in [1.82, 2.24) is 0 Å². The molecule has 0 aromatic heterocycles. The maximum absolute atomic E-state index is 10.9. The number of carbonyl (C=O) groups excluding carboxylic acids is 1. The van der Waals surface area contributed by atoms with Gasteiger partial charge in [-0.3, -0.25) is 0 Å². The third kappa shape index (κ3) is 5.88. The average Bonchev–Trinajstić information content (AvgIpc) is 2.36. The predicted molar refractivity (Wildman–Crippen MR) is 66.5 cm³/mol. The summed E-state index contributed by atoms with van der Waals surface area (Å²) in [6, 6.07) is 10.0. The standard InChI is InChI=1S/C14H18O3/c1-12(10-14(15)16-2)8-9-17-11-13-6-4-3-5-7-13/h3-7,10H,8-9,11H2,1-2H3. The van der Waals surface area contributed by atoms with Crippen LogP contribution in [0.3, 0.4) is 0 Å². The van der Waals surface area contributed by atoms with Gasteiger partial charge >= 0.3 is 5.97 Å². The molecule has 0 saturated heterocycles. The summed E-state index contributed by atoms with van der Waals surface area (Å²) in [7, 11) is 1.37. The monoisotopic (exact) mass is 234 g/mol. The summed E-state index contributed by atoms with van der Waals surface area (Å²) in [5.41, 5.74) is 2.12. The first-order chi connectivity index (χ1) is 8.22. The topological polar surface area (TPSA) is 35.5 Å². The van der Waals surface area contributed by atoms with Crippen molar-refractivity contribution in [2.45, 2.75) is 20.0 Å². The van der Waals surface area contributed by atoms with Gasteiger partial charge in [0.15, 0.2) is 0 Å². The molecule has 0 atom stereocenters. The molecule has 17 heavy (non-hydrogen) atoms. The molecule has 3 heteroatoms. The van der Waals surface area contributed by atoms with Crippen LogP contribution in [0.25, 0.3) is 0 Å². The molecule has 0 aliphatic carbocycles. The molecule has 0 unspecified atom stereocenters. The molecule has 92 valence electrons. The van der Waals surface area contributed by atoms with Crippen LogP contribution >= 0.6 is 0 Å². The van der Waals surface area contributed by atoms with Gasteiger partial charge in [-0.15, -0.1) is 0 Å². The zero-order valence-electron chi connectivity index (χ0n) is 10.3. The van der Waals surface area contributed by atoms with Crippen LogP contribution in [0.1, 0.15) is 18.9 Å². The molecule has 0 radical (unpaired) electrons. The maximum Gasteiger partial charge on any atom is 0.330 e. The molecule has 0 fully saturated rings. The number of methoxy groups -OCH3 is 1. The van der Waals surface area contributed by atoms with E-state index in [1.165, 1.54) is 13.2 Å². The highest BCUT2D eigenvalue weighted by Crippen LogP contribution is 2.04. The summed E-state index contributed by atoms with van der Waals surface area (Å²) in [5, 5.41) is 0. The fraction of sp³-hybridized carbons (Fsp3) is 0.357. The molecular weight excluding hydrogens is 216 g/mol. The van der Waals surface area contributed by atoms with Crippen molar-refractivity contribution in [2.24, 2.45) is 0 Å². The fourth-order valence-corrected chi connectivity index (χ4v) is 1.33. The van der Waals surface area contributed by atoms with Gasteiger partial charge in [-0.1, -0.05) is 35.9 Å². The van der Waals surface area contributed by atoms with E-state index in [0.717, 1.165) is 17.6 Å². The summed E-state index contributed by atoms with van der Waals surface area (Å²) in [5.74, 6) is -0.314. The molecule has 0 aliphatic heterocycles. The molecule has 0 saturated carbocycles. The summed E-state index contributed by atoms with van der Waals surface area (Å²) >= 11 is 0. The van der Waals surface area contributed by atoms with Crippen molar-refractivity contribution < 1.29 is 14.3 Å². The number of hydrogen-bond donors (Lipinski definition) is 0. The lowest BCUT2D eigenvalue weighted by Crippen LogP contribution is -1.99. The van der Waals surface area contributed by atoms with Crippen molar-refractivity contribution in [3.63, 3.8) is 0 Å². The molecular formula is C14H18O3. The Balaban J connectivity index is 2.20. The lowest BCUT2D eigenvalue weighted by Gasteiger charge is -2.04. The largest absolute Gasteiger partial charge is 0.466 e. The Bertz CT molecular complexity index is 368. The molecule has 0 heterocycles. The van der Waals surface area contributed by atoms with Gasteiger partial charge in [0.25, 0.3) is 0 Å². The van der Waals surface area contributed by atoms with E-state index < -0.39 is 0 Å². The zero-order chi connectivity index (χ0) is 12.5. The minimum atomic E-state index is -0.314. The molecule has 0 spiro atoms. The summed E-state index contributed by atoms with van der Waals surface area (Å²) < 4.78 is 10.1. The van der Waals surface area contributed by atoms with E-state index in [9.17, 15) is 4.79 Å². The quantitative estimate of drug-likeness (QED) is 0.431. The minimum absolute atomic E-state index is 0.314. The van der Waals surface area contributed by atoms with Crippen LogP contribution < -0.4 is 0 Å². The Labute approximate surface area is 102 Å². The first-order valence-corrected chi connectivity index (χ1v) is 5.59. The SMILES string of the molecule is COC(=O)C=C(C)CCOCc1ccccc1. The molecule has 0 N–H and O–H groups in total. The Morgan fingerprint density at radius 2 is 2.00 bits per heavy atom. The zero-order valence-corrected chi connectivity index (χ0v) is 10.3. The minimum Gasteiger partial charge on any atom is -0.466 e. The van der Waals surface area contributed by atoms with E-state index in [0.29, 0.717) is 13.2 Å². The van der Waals surface area contributed by atoms with E-state index in [1.54, 1.807) is 0 Å². The normalized spacial score (nSPS) is 11.3. The van der Waals surface area contributed by atoms with Crippen LogP contribution in [-0.4, -0.2) is 19.7 Å². The Morgan fingerprint density at radius 3 is 2.65 bits per heavy atom. The van der Waals surface area contributed by atoms with Crippen molar-refractivity contribution in [1.29, 1.82) is 0 Å². The van der Waals surface area contributed by atoms with Gasteiger partial charge in [0.1, 0.15) is 0 Å². The smallest absolute Gasteiger partial charge is 0.330 e. The molecule has 3 nitrogen and oxygen atoms in total. The highest BCUT2D eigenvalue weighted by molar-refractivity contribution is 5.82. The Morgan fingerprint density at radius 1 is 1.29 bits per heavy atom. The van der Waals surface area contributed by atoms with Crippen molar-refractivity contribution in [3.05, 3.63) is 47.5 Å². The van der Waals surface area contributed by atoms with Crippen LogP contribution in [-0.2, 0) is 20.9 Å². The molecule has 0 amide bonds. The van der Waals surface area contributed by atoms with Crippen LogP contribution in [0, 0.1) is 0 Å². The number of hydrogen-bond acceptors (Lipinski definition) is 3. The number of esters is 1. The summed E-state index contributed by atoms with van der Waals surface area (Å²) in [6.07, 6.45) is 2.23. The van der Waals surface area contributed by atoms with Crippen LogP contribution in [0.2, 0.25) is 0 Å². The van der Waals surface area contributed by atoms with Gasteiger partial charge in [0, 0.05) is 6.08 Å². The van der Waals surface area contributed by atoms with Gasteiger partial charge in [-0.2, -0.15) is 0 Å². The summed E-state index contributed by atoms with van der Waals surface area (Å²) in [6.45, 7) is 3.10. The van der Waals surface area contributed by atoms with E-state index in [2.05, 4.69) is 4.74 Å². The first kappa shape index (κ1) is 13.5. The second kappa shape index (κ2) is 7.63. The Hall–Kier alpha value is -1.61. The number of ether oxygens (including phenoxy) is 2. The second-order valence-electron chi connectivity index (χ2n) is 3.80. The highest BCUT2D eigenvalue weighted by Gasteiger charge is 1.97. The number of rotatable bonds is 6. The maximum atomic E-state index is 10.9. The third-order valence-corrected chi connectivity index (χ3v) is 2.32. The molecule has 1 aromatic carbocycles. The second-order valence-corrected chi connectivity index (χ2v) is 3.80. The van der Waals surface area contributed by atoms with Crippen LogP contribution in [0.4, 0.5) is 0 Å². The predicted octanol–water partition coefficient (Wildman–Crippen LogP) is 2.71. The molecule has 1 rings (SSSR count). The van der Waals surface area contributed by atoms with Crippen LogP contribution in [0.15, 0.2) is 42.0 Å². The van der Waals surface area contributed by atoms with Crippen molar-refractivity contribution in [3.8, 4) is 0 Å². The van der Waals surface area contributed by atoms with Crippen LogP contribution in [0.5, 0.6) is 0 Å². The third-order valence-electron chi connectivity index (χ3n) is 2.32. The van der Waals surface area contributed by atoms with Gasteiger partial charge in [0.2, 0.25) is 0 Å². The van der Waals surface area contributed by atoms with E-state index in [1.807, 2.05) is 37.3 Å². The van der Waals surface area contributed by atoms with Gasteiger partial charge < -0.3 is 9.47 Å². The number of benzene rings is 1. The lowest BCUT2D eigenvalue weighted by molar-refractivity contribution is -0.134. The Kier molecular flexibility index (Phi) is 6.04. The van der Waals surface area contributed by atoms with E-state index in [-0.39, 0.29) is 5.97 Å². The fourth-order valence-electron chi connectivity index (χ4n) is 1.33. The van der Waals surface area contributed by atoms with Gasteiger partial charge in [-0.05, 0) is 18.9 Å². The lowest BCUT2D eigenvalue weighted by atomic mass is 10.2. The van der Waals surface area contributed by atoms with Crippen molar-refractivity contribution in [2.75, 3.05) is 13.7 Å². The molecule has 1 aromatic rings. The number of carbonyl (C=O) groups is 1. The highest BCUT2D eigenvalue weighted by atomic mass is 16.5. The van der Waals surface area contributed by atoms with E-state index >= 15 is 0 Å². The van der Waals surface area contributed by atoms with Crippen molar-refractivity contribution >= 4 is 5.97 Å². The van der Waals surface area contributed by atoms with E-state index in [4.69, 9.17) is 4.74 Å². The first-order valence-electron chi connectivity index (χ1n) is 5.59. The van der Waals surface area contributed by atoms with Gasteiger partial charge in [0.05, 0.1) is 20.3 Å². The molecule has 0 aliphatic rings.